The topological polar surface area (TPSA) is 70.6 Å². The number of rotatable bonds is 4. The number of nitrogens with one attached hydrogen (secondary N) is 2. The molecule has 0 aromatic heterocycles. The van der Waals surface area contributed by atoms with Crippen LogP contribution in [0.4, 0.5) is 5.69 Å². The normalized spacial score (nSPS) is 10.6. The summed E-state index contributed by atoms with van der Waals surface area (Å²) >= 11 is 1.65. The molecule has 0 saturated carbocycles. The van der Waals surface area contributed by atoms with Gasteiger partial charge in [-0.1, -0.05) is 29.8 Å². The molecule has 124 valence electrons. The van der Waals surface area contributed by atoms with Crippen LogP contribution >= 0.6 is 11.8 Å². The third-order valence-corrected chi connectivity index (χ3v) is 4.08. The van der Waals surface area contributed by atoms with Gasteiger partial charge in [-0.2, -0.15) is 5.10 Å². The maximum atomic E-state index is 11.9. The average molecular weight is 341 g/mol. The van der Waals surface area contributed by atoms with Crippen molar-refractivity contribution < 1.29 is 9.59 Å². The van der Waals surface area contributed by atoms with Gasteiger partial charge in [0.05, 0.1) is 6.21 Å². The van der Waals surface area contributed by atoms with Crippen molar-refractivity contribution in [3.05, 3.63) is 59.2 Å². The number of carbonyl (C=O) groups excluding carboxylic acids is 2. The fraction of sp³-hybridized carbons (Fsp3) is 0.167. The molecule has 0 aliphatic rings. The Morgan fingerprint density at radius 1 is 1.04 bits per heavy atom. The van der Waals surface area contributed by atoms with E-state index < -0.39 is 11.8 Å². The SMILES string of the molecule is CSc1ccc(C=NNC(=O)C(=O)Nc2ccc(C)cc2C)cc1. The van der Waals surface area contributed by atoms with E-state index in [9.17, 15) is 9.59 Å². The summed E-state index contributed by atoms with van der Waals surface area (Å²) in [4.78, 5) is 24.8. The van der Waals surface area contributed by atoms with Gasteiger partial charge in [-0.05, 0) is 49.4 Å². The molecular weight excluding hydrogens is 322 g/mol. The zero-order chi connectivity index (χ0) is 17.5. The lowest BCUT2D eigenvalue weighted by atomic mass is 10.1. The van der Waals surface area contributed by atoms with Gasteiger partial charge in [0.25, 0.3) is 0 Å². The van der Waals surface area contributed by atoms with E-state index in [1.807, 2.05) is 56.5 Å². The van der Waals surface area contributed by atoms with Crippen LogP contribution in [0, 0.1) is 13.8 Å². The van der Waals surface area contributed by atoms with Crippen molar-refractivity contribution in [3.8, 4) is 0 Å². The Balaban J connectivity index is 1.91. The third kappa shape index (κ3) is 4.96. The summed E-state index contributed by atoms with van der Waals surface area (Å²) in [6, 6.07) is 13.3. The Kier molecular flexibility index (Phi) is 6.14. The third-order valence-electron chi connectivity index (χ3n) is 3.33. The highest BCUT2D eigenvalue weighted by Crippen LogP contribution is 2.16. The van der Waals surface area contributed by atoms with Gasteiger partial charge in [0.2, 0.25) is 0 Å². The Bertz CT molecular complexity index is 770. The second-order valence-electron chi connectivity index (χ2n) is 5.24. The number of anilines is 1. The van der Waals surface area contributed by atoms with Crippen molar-refractivity contribution in [1.82, 2.24) is 5.43 Å². The van der Waals surface area contributed by atoms with Crippen LogP contribution in [-0.4, -0.2) is 24.3 Å². The Labute approximate surface area is 145 Å². The smallest absolute Gasteiger partial charge is 0.317 e. The number of aryl methyl sites for hydroxylation is 2. The number of hydrazone groups is 1. The lowest BCUT2D eigenvalue weighted by Gasteiger charge is -2.08. The zero-order valence-corrected chi connectivity index (χ0v) is 14.6. The highest BCUT2D eigenvalue weighted by molar-refractivity contribution is 7.98. The van der Waals surface area contributed by atoms with Crippen LogP contribution in [0.3, 0.4) is 0 Å². The van der Waals surface area contributed by atoms with E-state index in [-0.39, 0.29) is 0 Å². The van der Waals surface area contributed by atoms with E-state index in [4.69, 9.17) is 0 Å². The average Bonchev–Trinajstić information content (AvgIpc) is 2.57. The van der Waals surface area contributed by atoms with Crippen LogP contribution in [0.5, 0.6) is 0 Å². The maximum Gasteiger partial charge on any atom is 0.329 e. The summed E-state index contributed by atoms with van der Waals surface area (Å²) in [5, 5.41) is 6.38. The molecule has 2 aromatic rings. The van der Waals surface area contributed by atoms with E-state index in [2.05, 4.69) is 15.8 Å². The van der Waals surface area contributed by atoms with Gasteiger partial charge in [0, 0.05) is 10.6 Å². The molecule has 0 heterocycles. The van der Waals surface area contributed by atoms with Crippen LogP contribution < -0.4 is 10.7 Å². The van der Waals surface area contributed by atoms with Crippen LogP contribution in [0.1, 0.15) is 16.7 Å². The zero-order valence-electron chi connectivity index (χ0n) is 13.8. The molecule has 0 spiro atoms. The summed E-state index contributed by atoms with van der Waals surface area (Å²) in [5.41, 5.74) is 5.66. The van der Waals surface area contributed by atoms with Crippen LogP contribution in [0.25, 0.3) is 0 Å². The predicted molar refractivity (Wildman–Crippen MR) is 98.5 cm³/mol. The lowest BCUT2D eigenvalue weighted by Crippen LogP contribution is -2.32. The number of hydrogen-bond acceptors (Lipinski definition) is 4. The van der Waals surface area contributed by atoms with E-state index in [1.54, 1.807) is 17.8 Å². The minimum atomic E-state index is -0.813. The first-order valence-corrected chi connectivity index (χ1v) is 8.58. The number of benzene rings is 2. The van der Waals surface area contributed by atoms with Crippen molar-refractivity contribution in [3.63, 3.8) is 0 Å². The molecule has 0 unspecified atom stereocenters. The summed E-state index contributed by atoms with van der Waals surface area (Å²) < 4.78 is 0. The fourth-order valence-corrected chi connectivity index (χ4v) is 2.45. The van der Waals surface area contributed by atoms with Crippen LogP contribution in [-0.2, 0) is 9.59 Å². The van der Waals surface area contributed by atoms with Crippen molar-refractivity contribution in [2.45, 2.75) is 18.7 Å². The van der Waals surface area contributed by atoms with Crippen molar-refractivity contribution in [1.29, 1.82) is 0 Å². The van der Waals surface area contributed by atoms with Crippen molar-refractivity contribution >= 4 is 35.5 Å². The molecule has 0 fully saturated rings. The lowest BCUT2D eigenvalue weighted by molar-refractivity contribution is -0.136. The quantitative estimate of drug-likeness (QED) is 0.388. The van der Waals surface area contributed by atoms with Gasteiger partial charge >= 0.3 is 11.8 Å². The number of carbonyl (C=O) groups is 2. The molecule has 2 N–H and O–H groups in total. The van der Waals surface area contributed by atoms with E-state index >= 15 is 0 Å². The molecule has 24 heavy (non-hydrogen) atoms. The Hall–Kier alpha value is -2.60. The van der Waals surface area contributed by atoms with Gasteiger partial charge in [0.1, 0.15) is 0 Å². The summed E-state index contributed by atoms with van der Waals surface area (Å²) in [5.74, 6) is -1.57. The molecule has 6 heteroatoms. The first kappa shape index (κ1) is 17.7. The molecule has 5 nitrogen and oxygen atoms in total. The number of thioether (sulfide) groups is 1. The molecule has 0 aliphatic carbocycles. The number of amides is 2. The summed E-state index contributed by atoms with van der Waals surface area (Å²) in [6.45, 7) is 3.84. The van der Waals surface area contributed by atoms with Gasteiger partial charge in [-0.15, -0.1) is 11.8 Å². The summed E-state index contributed by atoms with van der Waals surface area (Å²) in [6.07, 6.45) is 3.49. The van der Waals surface area contributed by atoms with Crippen molar-refractivity contribution in [2.24, 2.45) is 5.10 Å². The van der Waals surface area contributed by atoms with Gasteiger partial charge in [-0.3, -0.25) is 9.59 Å². The first-order valence-electron chi connectivity index (χ1n) is 7.35. The Morgan fingerprint density at radius 2 is 1.75 bits per heavy atom. The molecule has 2 aromatic carbocycles. The van der Waals surface area contributed by atoms with E-state index in [0.29, 0.717) is 5.69 Å². The van der Waals surface area contributed by atoms with E-state index in [1.165, 1.54) is 6.21 Å². The van der Waals surface area contributed by atoms with E-state index in [0.717, 1.165) is 21.6 Å². The minimum Gasteiger partial charge on any atom is -0.317 e. The largest absolute Gasteiger partial charge is 0.329 e. The molecule has 0 radical (unpaired) electrons. The molecule has 0 saturated heterocycles. The molecule has 0 bridgehead atoms. The van der Waals surface area contributed by atoms with Crippen molar-refractivity contribution in [2.75, 3.05) is 11.6 Å². The highest BCUT2D eigenvalue weighted by atomic mass is 32.2. The van der Waals surface area contributed by atoms with Crippen LogP contribution in [0.15, 0.2) is 52.5 Å². The second kappa shape index (κ2) is 8.31. The predicted octanol–water partition coefficient (Wildman–Crippen LogP) is 3.11. The minimum absolute atomic E-state index is 0.609. The van der Waals surface area contributed by atoms with Gasteiger partial charge < -0.3 is 5.32 Å². The highest BCUT2D eigenvalue weighted by Gasteiger charge is 2.13. The fourth-order valence-electron chi connectivity index (χ4n) is 2.04. The molecule has 2 amide bonds. The van der Waals surface area contributed by atoms with Gasteiger partial charge in [0.15, 0.2) is 0 Å². The monoisotopic (exact) mass is 341 g/mol. The standard InChI is InChI=1S/C18H19N3O2S/c1-12-4-9-16(13(2)10-12)20-17(22)18(23)21-19-11-14-5-7-15(24-3)8-6-14/h4-11H,1-3H3,(H,20,22)(H,21,23). The van der Waals surface area contributed by atoms with Crippen LogP contribution in [0.2, 0.25) is 0 Å². The van der Waals surface area contributed by atoms with Gasteiger partial charge in [-0.25, -0.2) is 5.43 Å². The Morgan fingerprint density at radius 3 is 2.38 bits per heavy atom. The molecule has 2 rings (SSSR count). The summed E-state index contributed by atoms with van der Waals surface area (Å²) in [7, 11) is 0. The molecule has 0 atom stereocenters. The number of nitrogens with zero attached hydrogens (tertiary/aromatic N) is 1. The molecular formula is C18H19N3O2S. The second-order valence-corrected chi connectivity index (χ2v) is 6.12. The maximum absolute atomic E-state index is 11.9. The molecule has 0 aliphatic heterocycles. The number of hydrogen-bond donors (Lipinski definition) is 2. The first-order chi connectivity index (χ1) is 11.5.